The van der Waals surface area contributed by atoms with Gasteiger partial charge in [0.25, 0.3) is 0 Å². The van der Waals surface area contributed by atoms with Crippen molar-refractivity contribution in [3.05, 3.63) is 70.5 Å². The summed E-state index contributed by atoms with van der Waals surface area (Å²) in [4.78, 5) is 16.3. The van der Waals surface area contributed by atoms with Gasteiger partial charge in [-0.15, -0.1) is 0 Å². The first-order valence-corrected chi connectivity index (χ1v) is 11.0. The van der Waals surface area contributed by atoms with E-state index < -0.39 is 0 Å². The first kappa shape index (κ1) is 25.0. The van der Waals surface area contributed by atoms with Gasteiger partial charge in [-0.25, -0.2) is 0 Å². The van der Waals surface area contributed by atoms with Crippen LogP contribution in [0, 0.1) is 20.8 Å². The predicted molar refractivity (Wildman–Crippen MR) is 125 cm³/mol. The van der Waals surface area contributed by atoms with Crippen molar-refractivity contribution in [2.75, 3.05) is 18.5 Å². The van der Waals surface area contributed by atoms with E-state index in [0.717, 1.165) is 12.4 Å². The van der Waals surface area contributed by atoms with Gasteiger partial charge in [-0.3, -0.25) is 9.69 Å². The van der Waals surface area contributed by atoms with Crippen molar-refractivity contribution in [1.82, 2.24) is 4.90 Å². The second-order valence-corrected chi connectivity index (χ2v) is 9.19. The van der Waals surface area contributed by atoms with Crippen molar-refractivity contribution in [2.24, 2.45) is 0 Å². The third-order valence-corrected chi connectivity index (χ3v) is 5.84. The summed E-state index contributed by atoms with van der Waals surface area (Å²) in [6.07, 6.45) is 4.20. The Labute approximate surface area is 193 Å². The molecule has 1 heterocycles. The minimum atomic E-state index is 0. The van der Waals surface area contributed by atoms with E-state index in [1.807, 2.05) is 6.20 Å². The molecule has 0 saturated heterocycles. The summed E-state index contributed by atoms with van der Waals surface area (Å²) in [6, 6.07) is 10.8. The first-order chi connectivity index (χ1) is 14.2. The zero-order chi connectivity index (χ0) is 22.0. The number of quaternary nitrogens is 1. The minimum Gasteiger partial charge on any atom is -1.00 e. The molecule has 1 aliphatic heterocycles. The highest BCUT2D eigenvalue weighted by Gasteiger charge is 2.25. The van der Waals surface area contributed by atoms with Crippen LogP contribution in [-0.4, -0.2) is 24.0 Å². The SMILES string of the molecule is Cc1cc(C)c([NH+]2C=CN(CC(=O)Nc3c(C(C)C)cccc3C(C)C)C2)c(C)c1.[Cl-]. The molecular formula is C26H36ClN3O. The highest BCUT2D eigenvalue weighted by Crippen LogP contribution is 2.32. The molecule has 2 aromatic carbocycles. The number of rotatable bonds is 6. The number of aryl methyl sites for hydroxylation is 3. The van der Waals surface area contributed by atoms with E-state index in [9.17, 15) is 4.79 Å². The van der Waals surface area contributed by atoms with Crippen LogP contribution in [0.25, 0.3) is 0 Å². The standard InChI is InChI=1S/C26H35N3O.ClH/c1-17(2)22-9-8-10-23(18(3)4)25(22)27-24(30)15-28-11-12-29(16-28)26-20(6)13-19(5)14-21(26)7;/h8-14,17-18H,15-16H2,1-7H3,(H,27,30);1H. The Morgan fingerprint density at radius 2 is 1.58 bits per heavy atom. The third kappa shape index (κ3) is 5.69. The van der Waals surface area contributed by atoms with Crippen molar-refractivity contribution in [1.29, 1.82) is 0 Å². The van der Waals surface area contributed by atoms with E-state index in [1.165, 1.54) is 38.4 Å². The third-order valence-electron chi connectivity index (χ3n) is 5.84. The van der Waals surface area contributed by atoms with Gasteiger partial charge in [0.15, 0.2) is 6.67 Å². The fourth-order valence-electron chi connectivity index (χ4n) is 4.54. The lowest BCUT2D eigenvalue weighted by Gasteiger charge is -2.22. The van der Waals surface area contributed by atoms with Gasteiger partial charge in [-0.1, -0.05) is 63.6 Å². The predicted octanol–water partition coefficient (Wildman–Crippen LogP) is 1.76. The molecule has 1 amide bonds. The van der Waals surface area contributed by atoms with Gasteiger partial charge < -0.3 is 22.6 Å². The minimum absolute atomic E-state index is 0. The Hall–Kier alpha value is -2.30. The molecule has 1 aliphatic rings. The zero-order valence-corrected chi connectivity index (χ0v) is 20.6. The Balaban J connectivity index is 0.00000341. The number of amides is 1. The van der Waals surface area contributed by atoms with E-state index in [4.69, 9.17) is 0 Å². The van der Waals surface area contributed by atoms with E-state index >= 15 is 0 Å². The monoisotopic (exact) mass is 441 g/mol. The largest absolute Gasteiger partial charge is 1.00 e. The molecule has 0 spiro atoms. The Bertz CT molecular complexity index is 916. The highest BCUT2D eigenvalue weighted by atomic mass is 35.5. The summed E-state index contributed by atoms with van der Waals surface area (Å²) in [6.45, 7) is 16.3. The Kier molecular flexibility index (Phi) is 8.33. The van der Waals surface area contributed by atoms with Gasteiger partial charge >= 0.3 is 0 Å². The average Bonchev–Trinajstić information content (AvgIpc) is 3.08. The van der Waals surface area contributed by atoms with Gasteiger partial charge in [0.2, 0.25) is 5.91 Å². The normalized spacial score (nSPS) is 15.5. The molecule has 0 radical (unpaired) electrons. The van der Waals surface area contributed by atoms with E-state index in [-0.39, 0.29) is 18.3 Å². The van der Waals surface area contributed by atoms with Crippen molar-refractivity contribution < 1.29 is 22.1 Å². The van der Waals surface area contributed by atoms with E-state index in [0.29, 0.717) is 18.4 Å². The number of nitrogens with zero attached hydrogens (tertiary/aromatic N) is 1. The summed E-state index contributed by atoms with van der Waals surface area (Å²) in [5.74, 6) is 0.754. The number of carbonyl (C=O) groups excluding carboxylic acids is 1. The molecule has 31 heavy (non-hydrogen) atoms. The van der Waals surface area contributed by atoms with Crippen LogP contribution in [0.2, 0.25) is 0 Å². The summed E-state index contributed by atoms with van der Waals surface area (Å²) in [5, 5.41) is 3.23. The van der Waals surface area contributed by atoms with Gasteiger partial charge in [0.1, 0.15) is 18.4 Å². The summed E-state index contributed by atoms with van der Waals surface area (Å²) >= 11 is 0. The maximum atomic E-state index is 12.9. The molecule has 0 bridgehead atoms. The van der Waals surface area contributed by atoms with Gasteiger partial charge in [-0.05, 0) is 43.7 Å². The van der Waals surface area contributed by atoms with Crippen molar-refractivity contribution in [3.63, 3.8) is 0 Å². The van der Waals surface area contributed by atoms with Crippen molar-refractivity contribution >= 4 is 17.3 Å². The van der Waals surface area contributed by atoms with Crippen LogP contribution >= 0.6 is 0 Å². The van der Waals surface area contributed by atoms with Crippen molar-refractivity contribution in [2.45, 2.75) is 60.3 Å². The number of benzene rings is 2. The molecule has 2 N–H and O–H groups in total. The van der Waals surface area contributed by atoms with Crippen LogP contribution in [0.5, 0.6) is 0 Å². The molecule has 168 valence electrons. The van der Waals surface area contributed by atoms with Crippen LogP contribution in [0.4, 0.5) is 11.4 Å². The van der Waals surface area contributed by atoms with Gasteiger partial charge in [0, 0.05) is 16.8 Å². The molecule has 0 fully saturated rings. The van der Waals surface area contributed by atoms with Crippen LogP contribution < -0.4 is 22.6 Å². The number of para-hydroxylation sites is 1. The first-order valence-electron chi connectivity index (χ1n) is 11.0. The fraction of sp³-hybridized carbons (Fsp3) is 0.423. The van der Waals surface area contributed by atoms with Gasteiger partial charge in [0.05, 0.1) is 6.20 Å². The van der Waals surface area contributed by atoms with E-state index in [2.05, 4.69) is 95.2 Å². The molecule has 3 rings (SSSR count). The number of hydrogen-bond donors (Lipinski definition) is 2. The Morgan fingerprint density at radius 3 is 2.10 bits per heavy atom. The molecule has 1 unspecified atom stereocenters. The second kappa shape index (κ2) is 10.3. The number of hydrogen-bond acceptors (Lipinski definition) is 2. The highest BCUT2D eigenvalue weighted by molar-refractivity contribution is 5.94. The maximum Gasteiger partial charge on any atom is 0.244 e. The number of anilines is 1. The van der Waals surface area contributed by atoms with Crippen LogP contribution in [0.3, 0.4) is 0 Å². The molecule has 0 saturated carbocycles. The maximum absolute atomic E-state index is 12.9. The summed E-state index contributed by atoms with van der Waals surface area (Å²) in [5.41, 5.74) is 8.58. The molecule has 5 heteroatoms. The zero-order valence-electron chi connectivity index (χ0n) is 19.8. The lowest BCUT2D eigenvalue weighted by atomic mass is 9.92. The topological polar surface area (TPSA) is 36.8 Å². The van der Waals surface area contributed by atoms with Crippen LogP contribution in [-0.2, 0) is 4.79 Å². The molecule has 1 atom stereocenters. The van der Waals surface area contributed by atoms with Crippen LogP contribution in [0.15, 0.2) is 42.7 Å². The number of halogens is 1. The molecule has 2 aromatic rings. The summed E-state index contributed by atoms with van der Waals surface area (Å²) < 4.78 is 0. The molecule has 4 nitrogen and oxygen atoms in total. The lowest BCUT2D eigenvalue weighted by molar-refractivity contribution is -0.778. The molecular weight excluding hydrogens is 406 g/mol. The second-order valence-electron chi connectivity index (χ2n) is 9.19. The summed E-state index contributed by atoms with van der Waals surface area (Å²) in [7, 11) is 0. The number of carbonyl (C=O) groups is 1. The molecule has 0 aliphatic carbocycles. The number of nitrogens with one attached hydrogen (secondary N) is 2. The Morgan fingerprint density at radius 1 is 1.03 bits per heavy atom. The van der Waals surface area contributed by atoms with E-state index in [1.54, 1.807) is 0 Å². The smallest absolute Gasteiger partial charge is 0.244 e. The fourth-order valence-corrected chi connectivity index (χ4v) is 4.54. The molecule has 0 aromatic heterocycles. The quantitative estimate of drug-likeness (QED) is 0.716. The average molecular weight is 442 g/mol. The van der Waals surface area contributed by atoms with Crippen molar-refractivity contribution in [3.8, 4) is 0 Å². The van der Waals surface area contributed by atoms with Gasteiger partial charge in [-0.2, -0.15) is 0 Å². The lowest BCUT2D eigenvalue weighted by Crippen LogP contribution is -3.02. The van der Waals surface area contributed by atoms with Crippen LogP contribution in [0.1, 0.15) is 67.3 Å².